The molecule has 11 atom stereocenters. The molecular formula is C26H42O9. The average molecular weight is 499 g/mol. The number of aliphatic hydroxyl groups is 6. The summed E-state index contributed by atoms with van der Waals surface area (Å²) in [5.74, 6) is -0.205. The molecule has 3 fully saturated rings. The summed E-state index contributed by atoms with van der Waals surface area (Å²) in [4.78, 5) is 13.6. The van der Waals surface area contributed by atoms with Gasteiger partial charge in [-0.3, -0.25) is 4.79 Å². The highest BCUT2D eigenvalue weighted by molar-refractivity contribution is 5.77. The molecule has 0 bridgehead atoms. The van der Waals surface area contributed by atoms with Crippen LogP contribution < -0.4 is 0 Å². The van der Waals surface area contributed by atoms with Crippen molar-refractivity contribution in [1.29, 1.82) is 0 Å². The van der Waals surface area contributed by atoms with Crippen molar-refractivity contribution in [2.45, 2.75) is 103 Å². The molecule has 6 N–H and O–H groups in total. The van der Waals surface area contributed by atoms with Crippen LogP contribution in [0.3, 0.4) is 0 Å². The minimum Gasteiger partial charge on any atom is -0.432 e. The first kappa shape index (κ1) is 27.0. The normalized spacial score (nSPS) is 48.8. The molecule has 0 aromatic rings. The van der Waals surface area contributed by atoms with Gasteiger partial charge in [0.1, 0.15) is 24.4 Å². The van der Waals surface area contributed by atoms with E-state index in [1.165, 1.54) is 5.57 Å². The van der Waals surface area contributed by atoms with Crippen LogP contribution in [0.1, 0.15) is 65.7 Å². The van der Waals surface area contributed by atoms with E-state index in [2.05, 4.69) is 13.0 Å². The fourth-order valence-electron chi connectivity index (χ4n) is 7.59. The van der Waals surface area contributed by atoms with E-state index in [4.69, 9.17) is 9.47 Å². The maximum Gasteiger partial charge on any atom is 0.314 e. The van der Waals surface area contributed by atoms with Crippen molar-refractivity contribution in [2.24, 2.45) is 28.1 Å². The van der Waals surface area contributed by atoms with Crippen molar-refractivity contribution in [2.75, 3.05) is 13.2 Å². The molecule has 0 radical (unpaired) electrons. The van der Waals surface area contributed by atoms with Crippen LogP contribution in [-0.2, 0) is 14.3 Å². The second-order valence-electron chi connectivity index (χ2n) is 12.0. The zero-order valence-corrected chi connectivity index (χ0v) is 21.0. The number of hydrogen-bond donors (Lipinski definition) is 6. The van der Waals surface area contributed by atoms with Gasteiger partial charge in [-0.05, 0) is 68.1 Å². The van der Waals surface area contributed by atoms with Gasteiger partial charge in [-0.15, -0.1) is 0 Å². The number of fused-ring (bicyclic) bond motifs is 3. The molecule has 35 heavy (non-hydrogen) atoms. The zero-order valence-electron chi connectivity index (χ0n) is 21.0. The zero-order chi connectivity index (χ0) is 25.8. The number of ether oxygens (including phenoxy) is 2. The maximum absolute atomic E-state index is 13.6. The molecule has 2 saturated carbocycles. The van der Waals surface area contributed by atoms with Gasteiger partial charge in [0, 0.05) is 0 Å². The third kappa shape index (κ3) is 4.37. The second-order valence-corrected chi connectivity index (χ2v) is 12.0. The SMILES string of the molecule is C[C@]1(C(O)CO)CC=C2C(CCC3[C@](C)(C(=O)O[C@@H]4O[C@H](CO)[C@@H](O)[C@H](O)[C@H]4O)CCC[C@@]23C)C1. The Hall–Kier alpha value is -1.07. The number of carbonyl (C=O) groups is 1. The van der Waals surface area contributed by atoms with E-state index in [1.54, 1.807) is 0 Å². The van der Waals surface area contributed by atoms with Gasteiger partial charge in [0.25, 0.3) is 0 Å². The molecule has 0 aromatic heterocycles. The average Bonchev–Trinajstić information content (AvgIpc) is 2.83. The molecule has 9 heteroatoms. The topological polar surface area (TPSA) is 157 Å². The van der Waals surface area contributed by atoms with Crippen molar-refractivity contribution in [3.05, 3.63) is 11.6 Å². The van der Waals surface area contributed by atoms with Crippen molar-refractivity contribution >= 4 is 5.97 Å². The van der Waals surface area contributed by atoms with Crippen LogP contribution in [-0.4, -0.2) is 86.6 Å². The first-order chi connectivity index (χ1) is 16.4. The molecule has 9 nitrogen and oxygen atoms in total. The van der Waals surface area contributed by atoms with Crippen LogP contribution in [0.4, 0.5) is 0 Å². The number of rotatable bonds is 5. The smallest absolute Gasteiger partial charge is 0.314 e. The molecule has 4 aliphatic rings. The van der Waals surface area contributed by atoms with Crippen LogP contribution >= 0.6 is 0 Å². The van der Waals surface area contributed by atoms with E-state index in [0.29, 0.717) is 18.8 Å². The molecule has 1 heterocycles. The van der Waals surface area contributed by atoms with Crippen molar-refractivity contribution < 1.29 is 44.9 Å². The molecule has 1 aliphatic heterocycles. The Bertz CT molecular complexity index is 830. The van der Waals surface area contributed by atoms with Gasteiger partial charge < -0.3 is 40.1 Å². The first-order valence-electron chi connectivity index (χ1n) is 12.9. The van der Waals surface area contributed by atoms with Crippen LogP contribution in [0, 0.1) is 28.1 Å². The lowest BCUT2D eigenvalue weighted by Crippen LogP contribution is -2.61. The van der Waals surface area contributed by atoms with Crippen molar-refractivity contribution in [1.82, 2.24) is 0 Å². The van der Waals surface area contributed by atoms with Crippen LogP contribution in [0.25, 0.3) is 0 Å². The summed E-state index contributed by atoms with van der Waals surface area (Å²) in [5, 5.41) is 59.9. The van der Waals surface area contributed by atoms with Crippen LogP contribution in [0.2, 0.25) is 0 Å². The highest BCUT2D eigenvalue weighted by Crippen LogP contribution is 2.64. The predicted octanol–water partition coefficient (Wildman–Crippen LogP) is 0.632. The summed E-state index contributed by atoms with van der Waals surface area (Å²) in [6.07, 6.45) is -0.325. The predicted molar refractivity (Wildman–Crippen MR) is 125 cm³/mol. The summed E-state index contributed by atoms with van der Waals surface area (Å²) in [6, 6.07) is 0. The summed E-state index contributed by atoms with van der Waals surface area (Å²) in [7, 11) is 0. The molecule has 3 aliphatic carbocycles. The van der Waals surface area contributed by atoms with Crippen molar-refractivity contribution in [3.8, 4) is 0 Å². The van der Waals surface area contributed by atoms with E-state index in [-0.39, 0.29) is 23.4 Å². The molecule has 0 aromatic carbocycles. The Morgan fingerprint density at radius 3 is 2.49 bits per heavy atom. The van der Waals surface area contributed by atoms with Gasteiger partial charge in [0.2, 0.25) is 6.29 Å². The van der Waals surface area contributed by atoms with Gasteiger partial charge in [-0.1, -0.05) is 31.9 Å². The lowest BCUT2D eigenvalue weighted by atomic mass is 9.46. The molecule has 0 amide bonds. The number of aliphatic hydroxyl groups excluding tert-OH is 6. The lowest BCUT2D eigenvalue weighted by Gasteiger charge is -2.58. The third-order valence-corrected chi connectivity index (χ3v) is 9.85. The fraction of sp³-hybridized carbons (Fsp3) is 0.885. The van der Waals surface area contributed by atoms with Crippen molar-refractivity contribution in [3.63, 3.8) is 0 Å². The molecule has 4 rings (SSSR count). The minimum atomic E-state index is -1.62. The van der Waals surface area contributed by atoms with Gasteiger partial charge in [0.05, 0.1) is 24.7 Å². The van der Waals surface area contributed by atoms with E-state index >= 15 is 0 Å². The Morgan fingerprint density at radius 1 is 1.11 bits per heavy atom. The lowest BCUT2D eigenvalue weighted by molar-refractivity contribution is -0.297. The Labute approximate surface area is 206 Å². The molecule has 1 saturated heterocycles. The van der Waals surface area contributed by atoms with Gasteiger partial charge >= 0.3 is 5.97 Å². The maximum atomic E-state index is 13.6. The van der Waals surface area contributed by atoms with E-state index in [1.807, 2.05) is 13.8 Å². The van der Waals surface area contributed by atoms with Gasteiger partial charge in [-0.2, -0.15) is 0 Å². The summed E-state index contributed by atoms with van der Waals surface area (Å²) in [6.45, 7) is 5.31. The number of esters is 1. The van der Waals surface area contributed by atoms with Gasteiger partial charge in [0.15, 0.2) is 0 Å². The van der Waals surface area contributed by atoms with E-state index < -0.39 is 54.8 Å². The first-order valence-corrected chi connectivity index (χ1v) is 12.9. The number of carbonyl (C=O) groups excluding carboxylic acids is 1. The van der Waals surface area contributed by atoms with Crippen LogP contribution in [0.5, 0.6) is 0 Å². The molecule has 0 spiro atoms. The van der Waals surface area contributed by atoms with Gasteiger partial charge in [-0.25, -0.2) is 0 Å². The van der Waals surface area contributed by atoms with E-state index in [9.17, 15) is 35.4 Å². The molecule has 200 valence electrons. The standard InChI is InChI=1S/C26H42O9/c1-24(18(29)13-28)10-7-15-14(11-24)5-6-17-25(15,2)8-4-9-26(17,3)23(33)35-22-21(32)20(31)19(30)16(12-27)34-22/h7,14,16-22,27-32H,4-6,8-13H2,1-3H3/t14?,16-,17?,18?,19-,20+,21-,22+,24+,25+,26-/m1/s1. The summed E-state index contributed by atoms with van der Waals surface area (Å²) >= 11 is 0. The number of hydrogen-bond acceptors (Lipinski definition) is 9. The third-order valence-electron chi connectivity index (χ3n) is 9.85. The van der Waals surface area contributed by atoms with E-state index in [0.717, 1.165) is 32.1 Å². The minimum absolute atomic E-state index is 0.00996. The summed E-state index contributed by atoms with van der Waals surface area (Å²) < 4.78 is 11.1. The quantitative estimate of drug-likeness (QED) is 0.236. The Kier molecular flexibility index (Phi) is 7.45. The highest BCUT2D eigenvalue weighted by atomic mass is 16.7. The number of allylic oxidation sites excluding steroid dienone is 2. The second kappa shape index (κ2) is 9.67. The molecule has 3 unspecified atom stereocenters. The molecular weight excluding hydrogens is 456 g/mol. The Balaban J connectivity index is 1.56. The summed E-state index contributed by atoms with van der Waals surface area (Å²) in [5.41, 5.74) is -0.0757. The Morgan fingerprint density at radius 2 is 1.83 bits per heavy atom. The highest BCUT2D eigenvalue weighted by Gasteiger charge is 2.59. The largest absolute Gasteiger partial charge is 0.432 e. The van der Waals surface area contributed by atoms with Crippen LogP contribution in [0.15, 0.2) is 11.6 Å². The fourth-order valence-corrected chi connectivity index (χ4v) is 7.59. The monoisotopic (exact) mass is 498 g/mol.